The summed E-state index contributed by atoms with van der Waals surface area (Å²) >= 11 is 9.23. The van der Waals surface area contributed by atoms with E-state index in [9.17, 15) is 4.79 Å². The number of benzene rings is 1. The molecule has 3 nitrogen and oxygen atoms in total. The molecular formula is C12H14BrClN2O. The summed E-state index contributed by atoms with van der Waals surface area (Å²) in [7, 11) is 0. The zero-order valence-corrected chi connectivity index (χ0v) is 11.7. The van der Waals surface area contributed by atoms with Crippen LogP contribution < -0.4 is 5.73 Å². The number of halogens is 2. The van der Waals surface area contributed by atoms with E-state index in [4.69, 9.17) is 17.3 Å². The van der Waals surface area contributed by atoms with Crippen molar-refractivity contribution in [1.82, 2.24) is 4.90 Å². The van der Waals surface area contributed by atoms with Gasteiger partial charge in [-0.1, -0.05) is 11.6 Å². The van der Waals surface area contributed by atoms with Crippen molar-refractivity contribution in [1.29, 1.82) is 0 Å². The molecule has 1 atom stereocenters. The molecule has 0 bridgehead atoms. The second kappa shape index (κ2) is 5.38. The van der Waals surface area contributed by atoms with Gasteiger partial charge in [-0.2, -0.15) is 0 Å². The van der Waals surface area contributed by atoms with Gasteiger partial charge in [0.2, 0.25) is 0 Å². The molecule has 0 unspecified atom stereocenters. The Hall–Kier alpha value is -0.580. The molecule has 1 amide bonds. The van der Waals surface area contributed by atoms with E-state index < -0.39 is 0 Å². The predicted molar refractivity (Wildman–Crippen MR) is 72.3 cm³/mol. The molecule has 0 spiro atoms. The highest BCUT2D eigenvalue weighted by molar-refractivity contribution is 9.10. The molecule has 1 aliphatic heterocycles. The summed E-state index contributed by atoms with van der Waals surface area (Å²) in [5, 5.41) is 0.608. The fraction of sp³-hybridized carbons (Fsp3) is 0.417. The summed E-state index contributed by atoms with van der Waals surface area (Å²) < 4.78 is 0.742. The van der Waals surface area contributed by atoms with E-state index >= 15 is 0 Å². The summed E-state index contributed by atoms with van der Waals surface area (Å²) in [4.78, 5) is 14.0. The van der Waals surface area contributed by atoms with Crippen molar-refractivity contribution in [3.05, 3.63) is 33.3 Å². The van der Waals surface area contributed by atoms with Crippen LogP contribution in [0, 0.1) is 0 Å². The summed E-state index contributed by atoms with van der Waals surface area (Å²) in [5.41, 5.74) is 6.52. The van der Waals surface area contributed by atoms with Crippen LogP contribution in [0.25, 0.3) is 0 Å². The number of amides is 1. The van der Waals surface area contributed by atoms with Crippen LogP contribution in [0.4, 0.5) is 0 Å². The van der Waals surface area contributed by atoms with Crippen LogP contribution in [0.3, 0.4) is 0 Å². The first-order valence-corrected chi connectivity index (χ1v) is 6.75. The number of nitrogens with two attached hydrogens (primary N) is 1. The molecule has 1 heterocycles. The zero-order valence-electron chi connectivity index (χ0n) is 9.33. The average molecular weight is 318 g/mol. The van der Waals surface area contributed by atoms with Crippen molar-refractivity contribution in [2.24, 2.45) is 5.73 Å². The predicted octanol–water partition coefficient (Wildman–Crippen LogP) is 2.67. The molecule has 1 aromatic carbocycles. The quantitative estimate of drug-likeness (QED) is 0.865. The van der Waals surface area contributed by atoms with E-state index in [1.54, 1.807) is 18.2 Å². The molecule has 1 aliphatic rings. The lowest BCUT2D eigenvalue weighted by atomic mass is 10.1. The minimum atomic E-state index is 0.0255. The maximum Gasteiger partial charge on any atom is 0.253 e. The lowest BCUT2D eigenvalue weighted by Crippen LogP contribution is -2.45. The van der Waals surface area contributed by atoms with Gasteiger partial charge in [0.25, 0.3) is 5.91 Å². The standard InChI is InChI=1S/C12H14BrClN2O/c13-10-6-8(3-4-11(10)14)12(17)16-5-1-2-9(15)7-16/h3-4,6,9H,1-2,5,7,15H2/t9-/m1/s1. The molecule has 17 heavy (non-hydrogen) atoms. The molecule has 2 N–H and O–H groups in total. The van der Waals surface area contributed by atoms with E-state index in [2.05, 4.69) is 15.9 Å². The number of piperidine rings is 1. The van der Waals surface area contributed by atoms with Gasteiger partial charge in [-0.05, 0) is 47.0 Å². The van der Waals surface area contributed by atoms with Crippen LogP contribution in [0.15, 0.2) is 22.7 Å². The number of rotatable bonds is 1. The number of carbonyl (C=O) groups excluding carboxylic acids is 1. The van der Waals surface area contributed by atoms with E-state index in [1.165, 1.54) is 0 Å². The van der Waals surface area contributed by atoms with Crippen LogP contribution >= 0.6 is 27.5 Å². The Morgan fingerprint density at radius 1 is 1.53 bits per heavy atom. The first-order chi connectivity index (χ1) is 8.08. The molecule has 1 saturated heterocycles. The smallest absolute Gasteiger partial charge is 0.253 e. The van der Waals surface area contributed by atoms with Gasteiger partial charge in [-0.25, -0.2) is 0 Å². The highest BCUT2D eigenvalue weighted by atomic mass is 79.9. The van der Waals surface area contributed by atoms with Crippen molar-refractivity contribution >= 4 is 33.4 Å². The number of hydrogen-bond donors (Lipinski definition) is 1. The Bertz CT molecular complexity index is 439. The first kappa shape index (κ1) is 12.9. The topological polar surface area (TPSA) is 46.3 Å². The third-order valence-corrected chi connectivity index (χ3v) is 4.13. The number of hydrogen-bond acceptors (Lipinski definition) is 2. The number of carbonyl (C=O) groups is 1. The maximum absolute atomic E-state index is 12.2. The van der Waals surface area contributed by atoms with Crippen LogP contribution in [0.2, 0.25) is 5.02 Å². The molecule has 0 aliphatic carbocycles. The second-order valence-corrected chi connectivity index (χ2v) is 5.54. The van der Waals surface area contributed by atoms with Crippen molar-refractivity contribution in [3.63, 3.8) is 0 Å². The Balaban J connectivity index is 2.15. The van der Waals surface area contributed by atoms with Gasteiger partial charge in [0, 0.05) is 29.2 Å². The van der Waals surface area contributed by atoms with E-state index in [-0.39, 0.29) is 11.9 Å². The number of likely N-dealkylation sites (tertiary alicyclic amines) is 1. The highest BCUT2D eigenvalue weighted by Gasteiger charge is 2.22. The molecule has 0 aromatic heterocycles. The summed E-state index contributed by atoms with van der Waals surface area (Å²) in [5.74, 6) is 0.0255. The van der Waals surface area contributed by atoms with Gasteiger partial charge in [0.05, 0.1) is 5.02 Å². The first-order valence-electron chi connectivity index (χ1n) is 5.58. The molecule has 1 fully saturated rings. The van der Waals surface area contributed by atoms with Crippen molar-refractivity contribution in [3.8, 4) is 0 Å². The summed E-state index contributed by atoms with van der Waals surface area (Å²) in [6, 6.07) is 5.33. The zero-order chi connectivity index (χ0) is 12.4. The van der Waals surface area contributed by atoms with Crippen LogP contribution in [-0.2, 0) is 0 Å². The molecule has 92 valence electrons. The van der Waals surface area contributed by atoms with Crippen molar-refractivity contribution in [2.45, 2.75) is 18.9 Å². The second-order valence-electron chi connectivity index (χ2n) is 4.28. The fourth-order valence-electron chi connectivity index (χ4n) is 2.01. The van der Waals surface area contributed by atoms with E-state index in [0.29, 0.717) is 17.1 Å². The largest absolute Gasteiger partial charge is 0.337 e. The third-order valence-electron chi connectivity index (χ3n) is 2.91. The third kappa shape index (κ3) is 3.00. The highest BCUT2D eigenvalue weighted by Crippen LogP contribution is 2.24. The molecule has 5 heteroatoms. The van der Waals surface area contributed by atoms with Crippen LogP contribution in [-0.4, -0.2) is 29.9 Å². The molecule has 2 rings (SSSR count). The van der Waals surface area contributed by atoms with Crippen molar-refractivity contribution in [2.75, 3.05) is 13.1 Å². The van der Waals surface area contributed by atoms with Crippen LogP contribution in [0.1, 0.15) is 23.2 Å². The van der Waals surface area contributed by atoms with E-state index in [0.717, 1.165) is 23.9 Å². The normalized spacial score (nSPS) is 20.4. The Morgan fingerprint density at radius 3 is 2.94 bits per heavy atom. The SMILES string of the molecule is N[C@@H]1CCCN(C(=O)c2ccc(Cl)c(Br)c2)C1. The van der Waals surface area contributed by atoms with Gasteiger partial charge in [0.1, 0.15) is 0 Å². The Labute approximate surface area is 114 Å². The van der Waals surface area contributed by atoms with Gasteiger partial charge in [-0.15, -0.1) is 0 Å². The van der Waals surface area contributed by atoms with Gasteiger partial charge in [-0.3, -0.25) is 4.79 Å². The summed E-state index contributed by atoms with van der Waals surface area (Å²) in [6.07, 6.45) is 1.97. The van der Waals surface area contributed by atoms with Gasteiger partial charge in [0.15, 0.2) is 0 Å². The number of nitrogens with zero attached hydrogens (tertiary/aromatic N) is 1. The average Bonchev–Trinajstić information content (AvgIpc) is 2.32. The fourth-order valence-corrected chi connectivity index (χ4v) is 2.50. The van der Waals surface area contributed by atoms with Crippen molar-refractivity contribution < 1.29 is 4.79 Å². The maximum atomic E-state index is 12.2. The lowest BCUT2D eigenvalue weighted by Gasteiger charge is -2.30. The minimum Gasteiger partial charge on any atom is -0.337 e. The molecule has 0 radical (unpaired) electrons. The van der Waals surface area contributed by atoms with Gasteiger partial charge >= 0.3 is 0 Å². The minimum absolute atomic E-state index is 0.0255. The van der Waals surface area contributed by atoms with E-state index in [1.807, 2.05) is 4.90 Å². The molecular weight excluding hydrogens is 304 g/mol. The monoisotopic (exact) mass is 316 g/mol. The Morgan fingerprint density at radius 2 is 2.29 bits per heavy atom. The Kier molecular flexibility index (Phi) is 4.07. The lowest BCUT2D eigenvalue weighted by molar-refractivity contribution is 0.0709. The van der Waals surface area contributed by atoms with Crippen LogP contribution in [0.5, 0.6) is 0 Å². The van der Waals surface area contributed by atoms with Gasteiger partial charge < -0.3 is 10.6 Å². The molecule has 0 saturated carbocycles. The molecule has 1 aromatic rings. The summed E-state index contributed by atoms with van der Waals surface area (Å²) in [6.45, 7) is 1.42.